The van der Waals surface area contributed by atoms with Gasteiger partial charge < -0.3 is 9.72 Å². The van der Waals surface area contributed by atoms with Crippen LogP contribution in [0.1, 0.15) is 46.1 Å². The largest absolute Gasteiger partial charge is 0.454 e. The van der Waals surface area contributed by atoms with E-state index in [4.69, 9.17) is 21.6 Å². The molecule has 140 valence electrons. The van der Waals surface area contributed by atoms with E-state index in [9.17, 15) is 14.4 Å². The first kappa shape index (κ1) is 20.4. The van der Waals surface area contributed by atoms with E-state index in [0.717, 1.165) is 5.56 Å². The lowest BCUT2D eigenvalue weighted by Crippen LogP contribution is -2.25. The predicted octanol–water partition coefficient (Wildman–Crippen LogP) is 3.26. The number of aryl methyl sites for hydroxylation is 1. The van der Waals surface area contributed by atoms with Crippen LogP contribution in [0.15, 0.2) is 29.1 Å². The first-order valence-electron chi connectivity index (χ1n) is 8.36. The highest BCUT2D eigenvalue weighted by Crippen LogP contribution is 2.16. The van der Waals surface area contributed by atoms with Crippen molar-refractivity contribution in [3.05, 3.63) is 67.6 Å². The lowest BCUT2D eigenvalue weighted by atomic mass is 9.99. The second kappa shape index (κ2) is 8.65. The highest BCUT2D eigenvalue weighted by Gasteiger charge is 2.20. The third-order valence-corrected chi connectivity index (χ3v) is 4.56. The Morgan fingerprint density at radius 1 is 1.26 bits per heavy atom. The summed E-state index contributed by atoms with van der Waals surface area (Å²) in [6, 6.07) is 8.21. The lowest BCUT2D eigenvalue weighted by molar-refractivity contribution is -0.146. The van der Waals surface area contributed by atoms with E-state index >= 15 is 0 Å². The highest BCUT2D eigenvalue weighted by molar-refractivity contribution is 6.30. The van der Waals surface area contributed by atoms with Gasteiger partial charge in [0.2, 0.25) is 5.78 Å². The second-order valence-corrected chi connectivity index (χ2v) is 6.61. The Morgan fingerprint density at radius 2 is 1.89 bits per heavy atom. The van der Waals surface area contributed by atoms with Crippen molar-refractivity contribution in [2.75, 3.05) is 0 Å². The van der Waals surface area contributed by atoms with Gasteiger partial charge in [0.25, 0.3) is 5.56 Å². The Labute approximate surface area is 161 Å². The SMILES string of the molecule is Cc1[nH]c(=O)c(C#N)c(C)c1CCC(=O)O[C@H](C)C(=O)c1ccc(Cl)cc1. The van der Waals surface area contributed by atoms with Crippen LogP contribution in [-0.2, 0) is 16.0 Å². The van der Waals surface area contributed by atoms with Crippen LogP contribution in [0.2, 0.25) is 5.02 Å². The van der Waals surface area contributed by atoms with E-state index in [1.165, 1.54) is 6.92 Å². The van der Waals surface area contributed by atoms with Crippen LogP contribution >= 0.6 is 11.6 Å². The molecular formula is C20H19ClN2O4. The number of nitrogens with one attached hydrogen (secondary N) is 1. The second-order valence-electron chi connectivity index (χ2n) is 6.17. The molecule has 1 aromatic heterocycles. The molecular weight excluding hydrogens is 368 g/mol. The summed E-state index contributed by atoms with van der Waals surface area (Å²) in [5.74, 6) is -0.850. The zero-order valence-electron chi connectivity index (χ0n) is 15.3. The number of Topliss-reactive ketones (excluding diaryl/α,β-unsaturated/α-hetero) is 1. The maximum atomic E-state index is 12.3. The monoisotopic (exact) mass is 386 g/mol. The van der Waals surface area contributed by atoms with Gasteiger partial charge in [0, 0.05) is 22.7 Å². The number of aromatic nitrogens is 1. The van der Waals surface area contributed by atoms with Crippen LogP contribution in [0.25, 0.3) is 0 Å². The minimum atomic E-state index is -0.925. The number of hydrogen-bond acceptors (Lipinski definition) is 5. The number of ether oxygens (including phenoxy) is 1. The summed E-state index contributed by atoms with van der Waals surface area (Å²) in [4.78, 5) is 38.8. The predicted molar refractivity (Wildman–Crippen MR) is 101 cm³/mol. The van der Waals surface area contributed by atoms with Crippen molar-refractivity contribution in [1.82, 2.24) is 4.98 Å². The van der Waals surface area contributed by atoms with Gasteiger partial charge >= 0.3 is 5.97 Å². The number of carbonyl (C=O) groups excluding carboxylic acids is 2. The van der Waals surface area contributed by atoms with E-state index in [1.54, 1.807) is 38.1 Å². The summed E-state index contributed by atoms with van der Waals surface area (Å²) < 4.78 is 5.22. The molecule has 0 saturated carbocycles. The quantitative estimate of drug-likeness (QED) is 0.606. The summed E-state index contributed by atoms with van der Waals surface area (Å²) in [5, 5.41) is 9.60. The first-order valence-corrected chi connectivity index (χ1v) is 8.74. The van der Waals surface area contributed by atoms with Gasteiger partial charge in [0.1, 0.15) is 11.6 Å². The third kappa shape index (κ3) is 4.83. The number of esters is 1. The van der Waals surface area contributed by atoms with Gasteiger partial charge in [-0.1, -0.05) is 11.6 Å². The average Bonchev–Trinajstić information content (AvgIpc) is 2.61. The topological polar surface area (TPSA) is 100 Å². The number of H-pyrrole nitrogens is 1. The molecule has 0 unspecified atom stereocenters. The number of rotatable bonds is 6. The smallest absolute Gasteiger partial charge is 0.306 e. The van der Waals surface area contributed by atoms with Crippen LogP contribution in [0.4, 0.5) is 0 Å². The first-order chi connectivity index (χ1) is 12.7. The molecule has 0 saturated heterocycles. The molecule has 1 aromatic carbocycles. The Kier molecular flexibility index (Phi) is 6.54. The summed E-state index contributed by atoms with van der Waals surface area (Å²) in [7, 11) is 0. The molecule has 1 heterocycles. The molecule has 27 heavy (non-hydrogen) atoms. The maximum Gasteiger partial charge on any atom is 0.306 e. The normalized spacial score (nSPS) is 11.5. The summed E-state index contributed by atoms with van der Waals surface area (Å²) in [5.41, 5.74) is 1.88. The number of nitriles is 1. The van der Waals surface area contributed by atoms with Crippen LogP contribution in [0.3, 0.4) is 0 Å². The van der Waals surface area contributed by atoms with Crippen LogP contribution in [0, 0.1) is 25.2 Å². The minimum Gasteiger partial charge on any atom is -0.454 e. The molecule has 1 N–H and O–H groups in total. The molecule has 1 atom stereocenters. The Hall–Kier alpha value is -2.91. The number of benzene rings is 1. The zero-order chi connectivity index (χ0) is 20.1. The van der Waals surface area contributed by atoms with Gasteiger partial charge in [-0.05, 0) is 62.6 Å². The van der Waals surface area contributed by atoms with E-state index in [1.807, 2.05) is 6.07 Å². The van der Waals surface area contributed by atoms with E-state index in [0.29, 0.717) is 28.3 Å². The fourth-order valence-electron chi connectivity index (χ4n) is 2.81. The van der Waals surface area contributed by atoms with Crippen LogP contribution in [-0.4, -0.2) is 22.8 Å². The highest BCUT2D eigenvalue weighted by atomic mass is 35.5. The van der Waals surface area contributed by atoms with Gasteiger partial charge in [-0.25, -0.2) is 0 Å². The van der Waals surface area contributed by atoms with Crippen LogP contribution < -0.4 is 5.56 Å². The molecule has 6 nitrogen and oxygen atoms in total. The Bertz CT molecular complexity index is 971. The van der Waals surface area contributed by atoms with Crippen molar-refractivity contribution >= 4 is 23.4 Å². The minimum absolute atomic E-state index is 0.0246. The van der Waals surface area contributed by atoms with Crippen molar-refractivity contribution in [2.24, 2.45) is 0 Å². The summed E-state index contributed by atoms with van der Waals surface area (Å²) >= 11 is 5.80. The van der Waals surface area contributed by atoms with E-state index < -0.39 is 17.6 Å². The molecule has 7 heteroatoms. The van der Waals surface area contributed by atoms with E-state index in [-0.39, 0.29) is 17.8 Å². The Balaban J connectivity index is 2.02. The number of halogens is 1. The fraction of sp³-hybridized carbons (Fsp3) is 0.300. The Morgan fingerprint density at radius 3 is 2.48 bits per heavy atom. The number of hydrogen-bond donors (Lipinski definition) is 1. The lowest BCUT2D eigenvalue weighted by Gasteiger charge is -2.14. The molecule has 2 aromatic rings. The standard InChI is InChI=1S/C20H19ClN2O4/c1-11-16(12(2)23-20(26)17(11)10-22)8-9-18(24)27-13(3)19(25)14-4-6-15(21)7-5-14/h4-7,13H,8-9H2,1-3H3,(H,23,26)/t13-/m1/s1. The number of nitrogens with zero attached hydrogens (tertiary/aromatic N) is 1. The molecule has 0 radical (unpaired) electrons. The zero-order valence-corrected chi connectivity index (χ0v) is 16.0. The molecule has 2 rings (SSSR count). The molecule has 0 spiro atoms. The van der Waals surface area contributed by atoms with E-state index in [2.05, 4.69) is 4.98 Å². The summed E-state index contributed by atoms with van der Waals surface area (Å²) in [6.45, 7) is 4.90. The molecule has 0 fully saturated rings. The van der Waals surface area contributed by atoms with Crippen molar-refractivity contribution in [1.29, 1.82) is 5.26 Å². The number of ketones is 1. The fourth-order valence-corrected chi connectivity index (χ4v) is 2.93. The average molecular weight is 387 g/mol. The summed E-state index contributed by atoms with van der Waals surface area (Å²) in [6.07, 6.45) is -0.605. The van der Waals surface area contributed by atoms with Crippen molar-refractivity contribution in [2.45, 2.75) is 39.7 Å². The van der Waals surface area contributed by atoms with Gasteiger partial charge in [-0.2, -0.15) is 5.26 Å². The molecule has 0 aliphatic carbocycles. The number of aromatic amines is 1. The van der Waals surface area contributed by atoms with Gasteiger partial charge in [-0.3, -0.25) is 14.4 Å². The van der Waals surface area contributed by atoms with Gasteiger partial charge in [0.15, 0.2) is 6.10 Å². The molecule has 0 aliphatic rings. The van der Waals surface area contributed by atoms with Crippen molar-refractivity contribution < 1.29 is 14.3 Å². The van der Waals surface area contributed by atoms with Crippen molar-refractivity contribution in [3.8, 4) is 6.07 Å². The number of pyridine rings is 1. The van der Waals surface area contributed by atoms with Crippen LogP contribution in [0.5, 0.6) is 0 Å². The van der Waals surface area contributed by atoms with Crippen molar-refractivity contribution in [3.63, 3.8) is 0 Å². The third-order valence-electron chi connectivity index (χ3n) is 4.31. The molecule has 0 bridgehead atoms. The van der Waals surface area contributed by atoms with Gasteiger partial charge in [-0.15, -0.1) is 0 Å². The molecule has 0 amide bonds. The number of carbonyl (C=O) groups is 2. The van der Waals surface area contributed by atoms with Gasteiger partial charge in [0.05, 0.1) is 0 Å². The maximum absolute atomic E-state index is 12.3. The molecule has 0 aliphatic heterocycles.